The monoisotopic (exact) mass is 271 g/mol. The number of hydrogen-bond donors (Lipinski definition) is 0. The van der Waals surface area contributed by atoms with Crippen LogP contribution in [0.2, 0.25) is 0 Å². The summed E-state index contributed by atoms with van der Waals surface area (Å²) in [5, 5.41) is 9.70. The molecule has 0 aliphatic rings. The van der Waals surface area contributed by atoms with E-state index in [-0.39, 0.29) is 0 Å². The lowest BCUT2D eigenvalue weighted by molar-refractivity contribution is 1.42. The van der Waals surface area contributed by atoms with E-state index >= 15 is 0 Å². The van der Waals surface area contributed by atoms with Crippen LogP contribution in [0.4, 0.5) is 0 Å². The van der Waals surface area contributed by atoms with Crippen LogP contribution in [0.5, 0.6) is 0 Å². The Labute approximate surface area is 103 Å². The van der Waals surface area contributed by atoms with E-state index < -0.39 is 0 Å². The standard InChI is InChI=1S/C14H10BrN/c15-9-13-5-1-2-7-14(13)12-6-3-4-11(8-12)10-16/h1-8H,9H2. The molecule has 0 amide bonds. The first kappa shape index (κ1) is 10.9. The highest BCUT2D eigenvalue weighted by atomic mass is 79.9. The number of halogens is 1. The average molecular weight is 272 g/mol. The smallest absolute Gasteiger partial charge is 0.0991 e. The molecule has 2 aromatic carbocycles. The third-order valence-corrected chi connectivity index (χ3v) is 3.07. The van der Waals surface area contributed by atoms with Crippen molar-refractivity contribution in [3.63, 3.8) is 0 Å². The highest BCUT2D eigenvalue weighted by Gasteiger charge is 2.03. The maximum absolute atomic E-state index is 8.88. The zero-order chi connectivity index (χ0) is 11.4. The number of rotatable bonds is 2. The van der Waals surface area contributed by atoms with Gasteiger partial charge in [-0.15, -0.1) is 0 Å². The molecule has 2 rings (SSSR count). The van der Waals surface area contributed by atoms with E-state index in [1.54, 1.807) is 0 Å². The molecular weight excluding hydrogens is 262 g/mol. The Morgan fingerprint density at radius 3 is 2.62 bits per heavy atom. The zero-order valence-corrected chi connectivity index (χ0v) is 10.2. The summed E-state index contributed by atoms with van der Waals surface area (Å²) < 4.78 is 0. The van der Waals surface area contributed by atoms with Crippen LogP contribution in [0, 0.1) is 11.3 Å². The maximum Gasteiger partial charge on any atom is 0.0991 e. The molecular formula is C14H10BrN. The summed E-state index contributed by atoms with van der Waals surface area (Å²) in [4.78, 5) is 0. The fourth-order valence-corrected chi connectivity index (χ4v) is 2.16. The minimum absolute atomic E-state index is 0.696. The molecule has 2 heteroatoms. The molecule has 78 valence electrons. The van der Waals surface area contributed by atoms with E-state index in [1.165, 1.54) is 11.1 Å². The van der Waals surface area contributed by atoms with Crippen LogP contribution < -0.4 is 0 Å². The van der Waals surface area contributed by atoms with E-state index in [0.29, 0.717) is 5.56 Å². The SMILES string of the molecule is N#Cc1cccc(-c2ccccc2CBr)c1. The maximum atomic E-state index is 8.88. The van der Waals surface area contributed by atoms with Gasteiger partial charge in [0.2, 0.25) is 0 Å². The topological polar surface area (TPSA) is 23.8 Å². The van der Waals surface area contributed by atoms with Gasteiger partial charge in [0.05, 0.1) is 11.6 Å². The van der Waals surface area contributed by atoms with Gasteiger partial charge >= 0.3 is 0 Å². The molecule has 0 fully saturated rings. The van der Waals surface area contributed by atoms with Crippen LogP contribution in [0.3, 0.4) is 0 Å². The summed E-state index contributed by atoms with van der Waals surface area (Å²) in [6.07, 6.45) is 0. The average Bonchev–Trinajstić information content (AvgIpc) is 2.38. The molecule has 0 radical (unpaired) electrons. The zero-order valence-electron chi connectivity index (χ0n) is 8.65. The van der Waals surface area contributed by atoms with E-state index in [4.69, 9.17) is 5.26 Å². The quantitative estimate of drug-likeness (QED) is 0.754. The van der Waals surface area contributed by atoms with Crippen LogP contribution in [-0.2, 0) is 5.33 Å². The van der Waals surface area contributed by atoms with Gasteiger partial charge in [-0.25, -0.2) is 0 Å². The van der Waals surface area contributed by atoms with Gasteiger partial charge in [0.15, 0.2) is 0 Å². The molecule has 0 aliphatic carbocycles. The number of nitrogens with zero attached hydrogens (tertiary/aromatic N) is 1. The summed E-state index contributed by atoms with van der Waals surface area (Å²) in [6.45, 7) is 0. The first-order valence-corrected chi connectivity index (χ1v) is 6.11. The second-order valence-electron chi connectivity index (χ2n) is 3.48. The Hall–Kier alpha value is -1.59. The van der Waals surface area contributed by atoms with Gasteiger partial charge in [-0.05, 0) is 28.8 Å². The van der Waals surface area contributed by atoms with Gasteiger partial charge < -0.3 is 0 Å². The molecule has 0 atom stereocenters. The van der Waals surface area contributed by atoms with Crippen molar-refractivity contribution in [2.75, 3.05) is 0 Å². The lowest BCUT2D eigenvalue weighted by Gasteiger charge is -2.07. The fourth-order valence-electron chi connectivity index (χ4n) is 1.67. The highest BCUT2D eigenvalue weighted by Crippen LogP contribution is 2.25. The minimum Gasteiger partial charge on any atom is -0.192 e. The van der Waals surface area contributed by atoms with Crippen LogP contribution in [-0.4, -0.2) is 0 Å². The van der Waals surface area contributed by atoms with Gasteiger partial charge in [0.1, 0.15) is 0 Å². The Morgan fingerprint density at radius 2 is 1.88 bits per heavy atom. The van der Waals surface area contributed by atoms with Crippen molar-refractivity contribution in [3.8, 4) is 17.2 Å². The molecule has 16 heavy (non-hydrogen) atoms. The number of alkyl halides is 1. The van der Waals surface area contributed by atoms with Gasteiger partial charge in [-0.2, -0.15) is 5.26 Å². The fraction of sp³-hybridized carbons (Fsp3) is 0.0714. The Kier molecular flexibility index (Phi) is 3.38. The van der Waals surface area contributed by atoms with Crippen LogP contribution in [0.1, 0.15) is 11.1 Å². The second-order valence-corrected chi connectivity index (χ2v) is 4.04. The van der Waals surface area contributed by atoms with Crippen molar-refractivity contribution < 1.29 is 0 Å². The second kappa shape index (κ2) is 4.96. The van der Waals surface area contributed by atoms with E-state index in [2.05, 4.69) is 34.1 Å². The summed E-state index contributed by atoms with van der Waals surface area (Å²) in [7, 11) is 0. The predicted octanol–water partition coefficient (Wildman–Crippen LogP) is 4.12. The highest BCUT2D eigenvalue weighted by molar-refractivity contribution is 9.08. The number of hydrogen-bond acceptors (Lipinski definition) is 1. The first-order valence-electron chi connectivity index (χ1n) is 4.99. The molecule has 0 bridgehead atoms. The molecule has 0 N–H and O–H groups in total. The normalized spacial score (nSPS) is 9.75. The van der Waals surface area contributed by atoms with Crippen LogP contribution in [0.15, 0.2) is 48.5 Å². The molecule has 2 aromatic rings. The molecule has 0 spiro atoms. The van der Waals surface area contributed by atoms with Crippen LogP contribution in [0.25, 0.3) is 11.1 Å². The van der Waals surface area contributed by atoms with E-state index in [9.17, 15) is 0 Å². The Balaban J connectivity index is 2.54. The molecule has 0 saturated heterocycles. The summed E-state index contributed by atoms with van der Waals surface area (Å²) >= 11 is 3.48. The largest absolute Gasteiger partial charge is 0.192 e. The summed E-state index contributed by atoms with van der Waals surface area (Å²) in [6, 6.07) is 18.0. The molecule has 0 unspecified atom stereocenters. The molecule has 0 heterocycles. The molecule has 1 nitrogen and oxygen atoms in total. The van der Waals surface area contributed by atoms with Crippen molar-refractivity contribution >= 4 is 15.9 Å². The number of nitriles is 1. The lowest BCUT2D eigenvalue weighted by Crippen LogP contribution is -1.86. The van der Waals surface area contributed by atoms with Crippen LogP contribution >= 0.6 is 15.9 Å². The van der Waals surface area contributed by atoms with E-state index in [0.717, 1.165) is 10.9 Å². The lowest BCUT2D eigenvalue weighted by atomic mass is 9.99. The summed E-state index contributed by atoms with van der Waals surface area (Å²) in [5.74, 6) is 0. The predicted molar refractivity (Wildman–Crippen MR) is 69.2 cm³/mol. The Morgan fingerprint density at radius 1 is 1.06 bits per heavy atom. The summed E-state index contributed by atoms with van der Waals surface area (Å²) in [5.41, 5.74) is 4.20. The Bertz CT molecular complexity index is 540. The van der Waals surface area contributed by atoms with Gasteiger partial charge in [0, 0.05) is 5.33 Å². The van der Waals surface area contributed by atoms with Crippen molar-refractivity contribution in [3.05, 3.63) is 59.7 Å². The van der Waals surface area contributed by atoms with Crippen molar-refractivity contribution in [2.45, 2.75) is 5.33 Å². The molecule has 0 saturated carbocycles. The minimum atomic E-state index is 0.696. The van der Waals surface area contributed by atoms with E-state index in [1.807, 2.05) is 36.4 Å². The third-order valence-electron chi connectivity index (χ3n) is 2.46. The van der Waals surface area contributed by atoms with Gasteiger partial charge in [-0.1, -0.05) is 52.3 Å². The first-order chi connectivity index (χ1) is 7.85. The van der Waals surface area contributed by atoms with Gasteiger partial charge in [-0.3, -0.25) is 0 Å². The molecule has 0 aromatic heterocycles. The van der Waals surface area contributed by atoms with Crippen molar-refractivity contribution in [1.82, 2.24) is 0 Å². The van der Waals surface area contributed by atoms with Crippen molar-refractivity contribution in [1.29, 1.82) is 5.26 Å². The van der Waals surface area contributed by atoms with Crippen molar-refractivity contribution in [2.24, 2.45) is 0 Å². The third kappa shape index (κ3) is 2.15. The molecule has 0 aliphatic heterocycles. The number of benzene rings is 2. The van der Waals surface area contributed by atoms with Gasteiger partial charge in [0.25, 0.3) is 0 Å².